The lowest BCUT2D eigenvalue weighted by Gasteiger charge is -2.16. The Balaban J connectivity index is 1.73. The molecule has 0 bridgehead atoms. The number of anilines is 1. The van der Waals surface area contributed by atoms with Crippen molar-refractivity contribution >= 4 is 6.01 Å². The molecule has 1 saturated carbocycles. The SMILES string of the molecule is CN(C)CCCN(C)c1nc(CNC2CC2)co1. The smallest absolute Gasteiger partial charge is 0.297 e. The second-order valence-corrected chi connectivity index (χ2v) is 5.35. The third-order valence-corrected chi connectivity index (χ3v) is 3.11. The van der Waals surface area contributed by atoms with Crippen LogP contribution >= 0.6 is 0 Å². The Labute approximate surface area is 109 Å². The molecule has 18 heavy (non-hydrogen) atoms. The van der Waals surface area contributed by atoms with E-state index in [4.69, 9.17) is 4.42 Å². The quantitative estimate of drug-likeness (QED) is 0.756. The van der Waals surface area contributed by atoms with Crippen molar-refractivity contribution in [3.8, 4) is 0 Å². The van der Waals surface area contributed by atoms with Crippen LogP contribution in [0.25, 0.3) is 0 Å². The van der Waals surface area contributed by atoms with Crippen molar-refractivity contribution < 1.29 is 4.42 Å². The highest BCUT2D eigenvalue weighted by atomic mass is 16.4. The number of nitrogens with one attached hydrogen (secondary N) is 1. The van der Waals surface area contributed by atoms with Gasteiger partial charge in [-0.1, -0.05) is 0 Å². The van der Waals surface area contributed by atoms with Gasteiger partial charge >= 0.3 is 0 Å². The van der Waals surface area contributed by atoms with Crippen LogP contribution in [-0.4, -0.2) is 50.2 Å². The van der Waals surface area contributed by atoms with E-state index in [1.54, 1.807) is 6.26 Å². The van der Waals surface area contributed by atoms with E-state index in [-0.39, 0.29) is 0 Å². The summed E-state index contributed by atoms with van der Waals surface area (Å²) in [6, 6.07) is 1.43. The Bertz CT molecular complexity index is 360. The Morgan fingerprint density at radius 1 is 1.33 bits per heavy atom. The third kappa shape index (κ3) is 4.31. The number of nitrogens with zero attached hydrogens (tertiary/aromatic N) is 3. The summed E-state index contributed by atoms with van der Waals surface area (Å²) in [6.45, 7) is 2.87. The van der Waals surface area contributed by atoms with Crippen LogP contribution < -0.4 is 10.2 Å². The van der Waals surface area contributed by atoms with Crippen molar-refractivity contribution in [3.63, 3.8) is 0 Å². The van der Waals surface area contributed by atoms with Gasteiger partial charge in [-0.2, -0.15) is 4.98 Å². The Morgan fingerprint density at radius 3 is 2.78 bits per heavy atom. The number of hydrogen-bond acceptors (Lipinski definition) is 5. The molecule has 0 saturated heterocycles. The van der Waals surface area contributed by atoms with Gasteiger partial charge in [0.1, 0.15) is 6.26 Å². The molecule has 5 heteroatoms. The van der Waals surface area contributed by atoms with Crippen LogP contribution in [0.1, 0.15) is 25.0 Å². The third-order valence-electron chi connectivity index (χ3n) is 3.11. The van der Waals surface area contributed by atoms with Gasteiger partial charge in [-0.3, -0.25) is 0 Å². The Hall–Kier alpha value is -1.07. The molecule has 1 aliphatic carbocycles. The van der Waals surface area contributed by atoms with Gasteiger partial charge in [-0.05, 0) is 39.9 Å². The summed E-state index contributed by atoms with van der Waals surface area (Å²) in [5.41, 5.74) is 0.997. The molecule has 1 aromatic heterocycles. The van der Waals surface area contributed by atoms with Gasteiger partial charge < -0.3 is 19.5 Å². The summed E-state index contributed by atoms with van der Waals surface area (Å²) in [5, 5.41) is 3.44. The minimum atomic E-state index is 0.711. The maximum atomic E-state index is 5.50. The fraction of sp³-hybridized carbons (Fsp3) is 0.769. The fourth-order valence-corrected chi connectivity index (χ4v) is 1.81. The molecule has 1 N–H and O–H groups in total. The number of aromatic nitrogens is 1. The van der Waals surface area contributed by atoms with Gasteiger partial charge in [-0.25, -0.2) is 0 Å². The van der Waals surface area contributed by atoms with E-state index >= 15 is 0 Å². The first-order chi connectivity index (χ1) is 8.65. The van der Waals surface area contributed by atoms with Crippen LogP contribution in [0.4, 0.5) is 6.01 Å². The minimum absolute atomic E-state index is 0.711. The first-order valence-corrected chi connectivity index (χ1v) is 6.69. The molecule has 0 unspecified atom stereocenters. The van der Waals surface area contributed by atoms with E-state index in [2.05, 4.69) is 34.2 Å². The first kappa shape index (κ1) is 13.4. The van der Waals surface area contributed by atoms with Gasteiger partial charge in [0.2, 0.25) is 0 Å². The Kier molecular flexibility index (Phi) is 4.60. The predicted octanol–water partition coefficient (Wildman–Crippen LogP) is 1.31. The van der Waals surface area contributed by atoms with Gasteiger partial charge in [0.05, 0.1) is 5.69 Å². The highest BCUT2D eigenvalue weighted by Crippen LogP contribution is 2.19. The number of hydrogen-bond donors (Lipinski definition) is 1. The summed E-state index contributed by atoms with van der Waals surface area (Å²) in [4.78, 5) is 8.75. The molecule has 1 aliphatic rings. The lowest BCUT2D eigenvalue weighted by molar-refractivity contribution is 0.399. The zero-order chi connectivity index (χ0) is 13.0. The molecule has 0 spiro atoms. The molecule has 1 fully saturated rings. The summed E-state index contributed by atoms with van der Waals surface area (Å²) in [7, 11) is 6.21. The molecule has 5 nitrogen and oxygen atoms in total. The van der Waals surface area contributed by atoms with Gasteiger partial charge in [0.15, 0.2) is 0 Å². The van der Waals surface area contributed by atoms with Crippen LogP contribution in [0.2, 0.25) is 0 Å². The molecule has 0 amide bonds. The lowest BCUT2D eigenvalue weighted by atomic mass is 10.4. The van der Waals surface area contributed by atoms with E-state index in [0.717, 1.165) is 37.8 Å². The first-order valence-electron chi connectivity index (χ1n) is 6.69. The standard InChI is InChI=1S/C13H24N4O/c1-16(2)7-4-8-17(3)13-15-12(10-18-13)9-14-11-5-6-11/h10-11,14H,4-9H2,1-3H3. The van der Waals surface area contributed by atoms with Crippen LogP contribution in [-0.2, 0) is 6.54 Å². The molecule has 102 valence electrons. The van der Waals surface area contributed by atoms with E-state index in [1.165, 1.54) is 12.8 Å². The molecule has 0 atom stereocenters. The second kappa shape index (κ2) is 6.20. The van der Waals surface area contributed by atoms with E-state index in [0.29, 0.717) is 6.04 Å². The monoisotopic (exact) mass is 252 g/mol. The summed E-state index contributed by atoms with van der Waals surface area (Å²) >= 11 is 0. The van der Waals surface area contributed by atoms with Crippen molar-refractivity contribution in [2.45, 2.75) is 31.8 Å². The van der Waals surface area contributed by atoms with Crippen molar-refractivity contribution in [1.29, 1.82) is 0 Å². The lowest BCUT2D eigenvalue weighted by Crippen LogP contribution is -2.23. The fourth-order valence-electron chi connectivity index (χ4n) is 1.81. The number of rotatable bonds is 8. The molecule has 0 radical (unpaired) electrons. The topological polar surface area (TPSA) is 44.5 Å². The van der Waals surface area contributed by atoms with Crippen molar-refractivity contribution in [2.24, 2.45) is 0 Å². The highest BCUT2D eigenvalue weighted by Gasteiger charge is 2.20. The molecular weight excluding hydrogens is 228 g/mol. The van der Waals surface area contributed by atoms with Gasteiger partial charge in [-0.15, -0.1) is 0 Å². The molecular formula is C13H24N4O. The van der Waals surface area contributed by atoms with Crippen LogP contribution in [0, 0.1) is 0 Å². The average molecular weight is 252 g/mol. The van der Waals surface area contributed by atoms with Gasteiger partial charge in [0.25, 0.3) is 6.01 Å². The number of oxazole rings is 1. The maximum absolute atomic E-state index is 5.50. The molecule has 2 rings (SSSR count). The summed E-state index contributed by atoms with van der Waals surface area (Å²) < 4.78 is 5.50. The molecule has 1 aromatic rings. The van der Waals surface area contributed by atoms with Crippen molar-refractivity contribution in [2.75, 3.05) is 39.1 Å². The zero-order valence-corrected chi connectivity index (χ0v) is 11.6. The van der Waals surface area contributed by atoms with E-state index in [9.17, 15) is 0 Å². The molecule has 0 aromatic carbocycles. The maximum Gasteiger partial charge on any atom is 0.297 e. The molecule has 0 aliphatic heterocycles. The second-order valence-electron chi connectivity index (χ2n) is 5.35. The van der Waals surface area contributed by atoms with Gasteiger partial charge in [0, 0.05) is 26.2 Å². The summed E-state index contributed by atoms with van der Waals surface area (Å²) in [5.74, 6) is 0. The van der Waals surface area contributed by atoms with Crippen LogP contribution in [0.3, 0.4) is 0 Å². The average Bonchev–Trinajstić information content (AvgIpc) is 3.03. The van der Waals surface area contributed by atoms with E-state index in [1.807, 2.05) is 7.05 Å². The predicted molar refractivity (Wildman–Crippen MR) is 72.8 cm³/mol. The van der Waals surface area contributed by atoms with Crippen LogP contribution in [0.15, 0.2) is 10.7 Å². The van der Waals surface area contributed by atoms with E-state index < -0.39 is 0 Å². The zero-order valence-electron chi connectivity index (χ0n) is 11.6. The Morgan fingerprint density at radius 2 is 2.11 bits per heavy atom. The summed E-state index contributed by atoms with van der Waals surface area (Å²) in [6.07, 6.45) is 5.47. The van der Waals surface area contributed by atoms with Crippen molar-refractivity contribution in [3.05, 3.63) is 12.0 Å². The largest absolute Gasteiger partial charge is 0.432 e. The normalized spacial score (nSPS) is 15.3. The van der Waals surface area contributed by atoms with Crippen molar-refractivity contribution in [1.82, 2.24) is 15.2 Å². The van der Waals surface area contributed by atoms with Crippen LogP contribution in [0.5, 0.6) is 0 Å². The molecule has 1 heterocycles. The minimum Gasteiger partial charge on any atom is -0.432 e. The highest BCUT2D eigenvalue weighted by molar-refractivity contribution is 5.25.